The molecule has 2 aromatic carbocycles. The minimum Gasteiger partial charge on any atom is -0.338 e. The van der Waals surface area contributed by atoms with Crippen molar-refractivity contribution in [1.29, 1.82) is 0 Å². The number of rotatable bonds is 7. The van der Waals surface area contributed by atoms with Gasteiger partial charge in [0.15, 0.2) is 0 Å². The topological polar surface area (TPSA) is 79.3 Å². The first-order chi connectivity index (χ1) is 14.3. The highest BCUT2D eigenvalue weighted by atomic mass is 16.2. The first kappa shape index (κ1) is 21.4. The van der Waals surface area contributed by atoms with Crippen molar-refractivity contribution in [3.05, 3.63) is 59.4 Å². The van der Waals surface area contributed by atoms with Crippen LogP contribution in [0.4, 0.5) is 10.5 Å². The summed E-state index contributed by atoms with van der Waals surface area (Å²) in [5, 5.41) is 5.79. The molecule has 2 N–H and O–H groups in total. The van der Waals surface area contributed by atoms with Crippen LogP contribution in [0.15, 0.2) is 42.7 Å². The van der Waals surface area contributed by atoms with E-state index in [0.717, 1.165) is 46.4 Å². The Morgan fingerprint density at radius 1 is 1.10 bits per heavy atom. The van der Waals surface area contributed by atoms with Gasteiger partial charge in [-0.2, -0.15) is 0 Å². The van der Waals surface area contributed by atoms with Crippen molar-refractivity contribution in [3.8, 4) is 0 Å². The van der Waals surface area contributed by atoms with Gasteiger partial charge < -0.3 is 20.1 Å². The Hall–Kier alpha value is -3.35. The zero-order valence-electron chi connectivity index (χ0n) is 18.0. The molecule has 7 heteroatoms. The van der Waals surface area contributed by atoms with Crippen molar-refractivity contribution in [2.24, 2.45) is 0 Å². The zero-order valence-corrected chi connectivity index (χ0v) is 18.0. The molecule has 158 valence electrons. The minimum atomic E-state index is -0.266. The van der Waals surface area contributed by atoms with Crippen LogP contribution in [-0.2, 0) is 11.3 Å². The van der Waals surface area contributed by atoms with E-state index in [-0.39, 0.29) is 18.5 Å². The Morgan fingerprint density at radius 2 is 1.80 bits per heavy atom. The predicted molar refractivity (Wildman–Crippen MR) is 120 cm³/mol. The molecule has 0 aliphatic heterocycles. The molecule has 0 saturated heterocycles. The zero-order chi connectivity index (χ0) is 21.7. The molecule has 0 fully saturated rings. The second kappa shape index (κ2) is 9.43. The number of aromatic nitrogens is 2. The summed E-state index contributed by atoms with van der Waals surface area (Å²) >= 11 is 0. The van der Waals surface area contributed by atoms with E-state index >= 15 is 0 Å². The molecular weight excluding hydrogens is 378 g/mol. The van der Waals surface area contributed by atoms with Crippen LogP contribution in [0.2, 0.25) is 0 Å². The highest BCUT2D eigenvalue weighted by molar-refractivity contribution is 5.95. The Morgan fingerprint density at radius 3 is 2.53 bits per heavy atom. The standard InChI is InChI=1S/C23H29N5O2/c1-16-12-17(2)22(18(3)13-16)26-21(29)14-27(4)23(30)24-10-7-11-28-15-25-19-8-5-6-9-20(19)28/h5-6,8-9,12-13,15H,7,10-11,14H2,1-4H3,(H,24,30)(H,26,29). The van der Waals surface area contributed by atoms with Gasteiger partial charge in [0.05, 0.1) is 17.4 Å². The maximum atomic E-state index is 12.4. The van der Waals surface area contributed by atoms with Crippen LogP contribution >= 0.6 is 0 Å². The first-order valence-electron chi connectivity index (χ1n) is 10.1. The van der Waals surface area contributed by atoms with Crippen LogP contribution in [0.5, 0.6) is 0 Å². The van der Waals surface area contributed by atoms with Gasteiger partial charge in [0.25, 0.3) is 0 Å². The molecule has 7 nitrogen and oxygen atoms in total. The SMILES string of the molecule is Cc1cc(C)c(NC(=O)CN(C)C(=O)NCCCn2cnc3ccccc32)c(C)c1. The average molecular weight is 408 g/mol. The van der Waals surface area contributed by atoms with Gasteiger partial charge in [-0.1, -0.05) is 29.8 Å². The maximum absolute atomic E-state index is 12.4. The van der Waals surface area contributed by atoms with Crippen molar-refractivity contribution in [2.45, 2.75) is 33.7 Å². The molecule has 0 aliphatic rings. The Bertz CT molecular complexity index is 1030. The van der Waals surface area contributed by atoms with Gasteiger partial charge in [-0.25, -0.2) is 9.78 Å². The van der Waals surface area contributed by atoms with Gasteiger partial charge in [0.2, 0.25) is 5.91 Å². The molecular formula is C23H29N5O2. The summed E-state index contributed by atoms with van der Waals surface area (Å²) in [5.74, 6) is -0.215. The summed E-state index contributed by atoms with van der Waals surface area (Å²) in [6.45, 7) is 7.24. The second-order valence-corrected chi connectivity index (χ2v) is 7.69. The third kappa shape index (κ3) is 5.17. The highest BCUT2D eigenvalue weighted by Crippen LogP contribution is 2.21. The molecule has 0 bridgehead atoms. The Kier molecular flexibility index (Phi) is 6.72. The number of nitrogens with one attached hydrogen (secondary N) is 2. The largest absolute Gasteiger partial charge is 0.338 e. The molecule has 3 amide bonds. The fourth-order valence-electron chi connectivity index (χ4n) is 3.61. The number of para-hydroxylation sites is 2. The van der Waals surface area contributed by atoms with E-state index in [4.69, 9.17) is 0 Å². The molecule has 1 aromatic heterocycles. The number of anilines is 1. The van der Waals surface area contributed by atoms with E-state index < -0.39 is 0 Å². The molecule has 30 heavy (non-hydrogen) atoms. The highest BCUT2D eigenvalue weighted by Gasteiger charge is 2.14. The number of likely N-dealkylation sites (N-methyl/N-ethyl adjacent to an activating group) is 1. The first-order valence-corrected chi connectivity index (χ1v) is 10.1. The van der Waals surface area contributed by atoms with E-state index in [1.807, 2.05) is 63.5 Å². The van der Waals surface area contributed by atoms with Crippen LogP contribution in [0, 0.1) is 20.8 Å². The predicted octanol–water partition coefficient (Wildman–Crippen LogP) is 3.63. The van der Waals surface area contributed by atoms with E-state index in [2.05, 4.69) is 20.2 Å². The summed E-state index contributed by atoms with van der Waals surface area (Å²) in [4.78, 5) is 30.4. The van der Waals surface area contributed by atoms with Crippen molar-refractivity contribution in [2.75, 3.05) is 25.5 Å². The molecule has 0 saturated carbocycles. The normalized spacial score (nSPS) is 10.8. The van der Waals surface area contributed by atoms with E-state index in [9.17, 15) is 9.59 Å². The monoisotopic (exact) mass is 407 g/mol. The van der Waals surface area contributed by atoms with Gasteiger partial charge in [-0.05, 0) is 50.5 Å². The summed E-state index contributed by atoms with van der Waals surface area (Å²) in [7, 11) is 1.62. The third-order valence-electron chi connectivity index (χ3n) is 5.05. The molecule has 3 rings (SSSR count). The number of hydrogen-bond acceptors (Lipinski definition) is 3. The number of urea groups is 1. The molecule has 3 aromatic rings. The van der Waals surface area contributed by atoms with Crippen LogP contribution < -0.4 is 10.6 Å². The summed E-state index contributed by atoms with van der Waals surface area (Å²) in [5.41, 5.74) is 6.04. The number of amides is 3. The van der Waals surface area contributed by atoms with Gasteiger partial charge >= 0.3 is 6.03 Å². The smallest absolute Gasteiger partial charge is 0.317 e. The lowest BCUT2D eigenvalue weighted by Gasteiger charge is -2.19. The van der Waals surface area contributed by atoms with Gasteiger partial charge in [-0.3, -0.25) is 4.79 Å². The number of carbonyl (C=O) groups excluding carboxylic acids is 2. The second-order valence-electron chi connectivity index (χ2n) is 7.69. The summed E-state index contributed by atoms with van der Waals surface area (Å²) in [6.07, 6.45) is 2.59. The van der Waals surface area contributed by atoms with Crippen molar-refractivity contribution in [3.63, 3.8) is 0 Å². The number of fused-ring (bicyclic) bond motifs is 1. The summed E-state index contributed by atoms with van der Waals surface area (Å²) < 4.78 is 2.07. The number of imidazole rings is 1. The molecule has 1 heterocycles. The van der Waals surface area contributed by atoms with Crippen LogP contribution in [0.25, 0.3) is 11.0 Å². The number of hydrogen-bond donors (Lipinski definition) is 2. The summed E-state index contributed by atoms with van der Waals surface area (Å²) in [6, 6.07) is 11.8. The third-order valence-corrected chi connectivity index (χ3v) is 5.05. The van der Waals surface area contributed by atoms with Crippen LogP contribution in [0.3, 0.4) is 0 Å². The Balaban J connectivity index is 1.44. The van der Waals surface area contributed by atoms with Crippen LogP contribution in [-0.4, -0.2) is 46.5 Å². The van der Waals surface area contributed by atoms with E-state index in [1.165, 1.54) is 4.90 Å². The fraction of sp³-hybridized carbons (Fsp3) is 0.348. The maximum Gasteiger partial charge on any atom is 0.317 e. The Labute approximate surface area is 177 Å². The van der Waals surface area contributed by atoms with Gasteiger partial charge in [-0.15, -0.1) is 0 Å². The molecule has 0 atom stereocenters. The van der Waals surface area contributed by atoms with Gasteiger partial charge in [0, 0.05) is 25.8 Å². The average Bonchev–Trinajstić information content (AvgIpc) is 3.11. The van der Waals surface area contributed by atoms with Crippen LogP contribution in [0.1, 0.15) is 23.1 Å². The molecule has 0 radical (unpaired) electrons. The van der Waals surface area contributed by atoms with Crippen molar-refractivity contribution in [1.82, 2.24) is 19.8 Å². The lowest BCUT2D eigenvalue weighted by atomic mass is 10.1. The number of benzene rings is 2. The lowest BCUT2D eigenvalue weighted by molar-refractivity contribution is -0.116. The minimum absolute atomic E-state index is 0.00918. The number of aryl methyl sites for hydroxylation is 4. The lowest BCUT2D eigenvalue weighted by Crippen LogP contribution is -2.42. The quantitative estimate of drug-likeness (QED) is 0.587. The van der Waals surface area contributed by atoms with Gasteiger partial charge in [0.1, 0.15) is 6.54 Å². The van der Waals surface area contributed by atoms with Crippen molar-refractivity contribution < 1.29 is 9.59 Å². The molecule has 0 aliphatic carbocycles. The number of carbonyl (C=O) groups is 2. The molecule has 0 spiro atoms. The van der Waals surface area contributed by atoms with E-state index in [0.29, 0.717) is 6.54 Å². The molecule has 0 unspecified atom stereocenters. The fourth-order valence-corrected chi connectivity index (χ4v) is 3.61. The number of nitrogens with zero attached hydrogens (tertiary/aromatic N) is 3. The van der Waals surface area contributed by atoms with Crippen molar-refractivity contribution >= 4 is 28.7 Å². The van der Waals surface area contributed by atoms with E-state index in [1.54, 1.807) is 7.05 Å².